The molecule has 1 N–H and O–H groups in total. The van der Waals surface area contributed by atoms with Gasteiger partial charge in [0.15, 0.2) is 11.6 Å². The first-order valence-corrected chi connectivity index (χ1v) is 6.48. The van der Waals surface area contributed by atoms with Crippen LogP contribution in [-0.4, -0.2) is 35.6 Å². The summed E-state index contributed by atoms with van der Waals surface area (Å²) in [6.45, 7) is 2.66. The second-order valence-electron chi connectivity index (χ2n) is 4.90. The number of hydrogen-bond donors (Lipinski definition) is 1. The third-order valence-corrected chi connectivity index (χ3v) is 3.58. The molecule has 0 aromatic heterocycles. The molecule has 0 saturated carbocycles. The topological polar surface area (TPSA) is 40.5 Å². The first-order valence-electron chi connectivity index (χ1n) is 6.48. The summed E-state index contributed by atoms with van der Waals surface area (Å²) in [5.41, 5.74) is 0.325. The van der Waals surface area contributed by atoms with Crippen molar-refractivity contribution in [2.75, 3.05) is 19.6 Å². The Morgan fingerprint density at radius 3 is 2.53 bits per heavy atom. The molecule has 1 atom stereocenters. The number of hydrogen-bond acceptors (Lipinski definition) is 2. The van der Waals surface area contributed by atoms with E-state index in [1.165, 1.54) is 6.07 Å². The second-order valence-corrected chi connectivity index (χ2v) is 4.90. The van der Waals surface area contributed by atoms with Crippen LogP contribution >= 0.6 is 0 Å². The molecular formula is C14H17F2NO2. The lowest BCUT2D eigenvalue weighted by Gasteiger charge is -2.18. The van der Waals surface area contributed by atoms with E-state index in [-0.39, 0.29) is 0 Å². The lowest BCUT2D eigenvalue weighted by atomic mass is 9.95. The smallest absolute Gasteiger partial charge is 0.311 e. The van der Waals surface area contributed by atoms with Crippen LogP contribution in [0, 0.1) is 11.6 Å². The Hall–Kier alpha value is -1.49. The molecule has 2 rings (SSSR count). The van der Waals surface area contributed by atoms with Gasteiger partial charge in [0.25, 0.3) is 0 Å². The number of aliphatic carboxylic acids is 1. The van der Waals surface area contributed by atoms with Gasteiger partial charge in [-0.3, -0.25) is 4.79 Å². The van der Waals surface area contributed by atoms with E-state index in [0.717, 1.165) is 38.1 Å². The number of carbonyl (C=O) groups is 1. The zero-order chi connectivity index (χ0) is 13.8. The lowest BCUT2D eigenvalue weighted by molar-refractivity contribution is -0.139. The van der Waals surface area contributed by atoms with Crippen molar-refractivity contribution in [3.05, 3.63) is 35.4 Å². The second kappa shape index (κ2) is 6.10. The Morgan fingerprint density at radius 2 is 1.95 bits per heavy atom. The van der Waals surface area contributed by atoms with Crippen molar-refractivity contribution < 1.29 is 18.7 Å². The van der Waals surface area contributed by atoms with Crippen molar-refractivity contribution >= 4 is 5.97 Å². The van der Waals surface area contributed by atoms with Crippen LogP contribution in [-0.2, 0) is 4.79 Å². The Balaban J connectivity index is 2.05. The molecule has 1 aromatic rings. The molecule has 1 aromatic carbocycles. The molecule has 0 radical (unpaired) electrons. The third kappa shape index (κ3) is 3.50. The van der Waals surface area contributed by atoms with Gasteiger partial charge in [-0.2, -0.15) is 0 Å². The number of nitrogens with zero attached hydrogens (tertiary/aromatic N) is 1. The van der Waals surface area contributed by atoms with Gasteiger partial charge in [0.1, 0.15) is 0 Å². The molecule has 19 heavy (non-hydrogen) atoms. The summed E-state index contributed by atoms with van der Waals surface area (Å²) in [4.78, 5) is 13.5. The van der Waals surface area contributed by atoms with E-state index in [2.05, 4.69) is 4.90 Å². The quantitative estimate of drug-likeness (QED) is 0.893. The number of rotatable bonds is 5. The summed E-state index contributed by atoms with van der Waals surface area (Å²) in [5.74, 6) is -3.72. The molecular weight excluding hydrogens is 252 g/mol. The number of carboxylic acids is 1. The molecule has 0 amide bonds. The first-order chi connectivity index (χ1) is 9.08. The maximum absolute atomic E-state index is 13.2. The normalized spacial score (nSPS) is 17.6. The molecule has 0 spiro atoms. The van der Waals surface area contributed by atoms with Crippen molar-refractivity contribution in [2.24, 2.45) is 0 Å². The Morgan fingerprint density at radius 1 is 1.26 bits per heavy atom. The van der Waals surface area contributed by atoms with Gasteiger partial charge < -0.3 is 10.0 Å². The molecule has 1 fully saturated rings. The van der Waals surface area contributed by atoms with Crippen LogP contribution in [0.1, 0.15) is 30.7 Å². The minimum absolute atomic E-state index is 0.325. The third-order valence-electron chi connectivity index (χ3n) is 3.58. The highest BCUT2D eigenvalue weighted by Gasteiger charge is 2.23. The molecule has 0 aliphatic carbocycles. The van der Waals surface area contributed by atoms with Crippen LogP contribution in [0.2, 0.25) is 0 Å². The largest absolute Gasteiger partial charge is 0.481 e. The maximum atomic E-state index is 13.2. The number of halogens is 2. The summed E-state index contributed by atoms with van der Waals surface area (Å²) in [6.07, 6.45) is 2.70. The van der Waals surface area contributed by atoms with E-state index >= 15 is 0 Å². The number of likely N-dealkylation sites (tertiary alicyclic amines) is 1. The van der Waals surface area contributed by atoms with Gasteiger partial charge >= 0.3 is 5.97 Å². The predicted molar refractivity (Wildman–Crippen MR) is 67.0 cm³/mol. The first kappa shape index (κ1) is 13.9. The van der Waals surface area contributed by atoms with Gasteiger partial charge in [0.05, 0.1) is 5.92 Å². The summed E-state index contributed by atoms with van der Waals surface area (Å²) in [7, 11) is 0. The van der Waals surface area contributed by atoms with Gasteiger partial charge in [0.2, 0.25) is 0 Å². The molecule has 5 heteroatoms. The summed E-state index contributed by atoms with van der Waals surface area (Å²) in [6, 6.07) is 3.32. The highest BCUT2D eigenvalue weighted by molar-refractivity contribution is 5.76. The molecule has 3 nitrogen and oxygen atoms in total. The zero-order valence-electron chi connectivity index (χ0n) is 10.6. The van der Waals surface area contributed by atoms with Crippen molar-refractivity contribution in [3.63, 3.8) is 0 Å². The van der Waals surface area contributed by atoms with Crippen LogP contribution in [0.15, 0.2) is 18.2 Å². The molecule has 1 heterocycles. The van der Waals surface area contributed by atoms with Gasteiger partial charge in [-0.1, -0.05) is 6.07 Å². The summed E-state index contributed by atoms with van der Waals surface area (Å²) < 4.78 is 26.0. The van der Waals surface area contributed by atoms with Crippen molar-refractivity contribution in [1.82, 2.24) is 4.90 Å². The van der Waals surface area contributed by atoms with Crippen molar-refractivity contribution in [1.29, 1.82) is 0 Å². The molecule has 0 bridgehead atoms. The van der Waals surface area contributed by atoms with Gasteiger partial charge in [-0.05, 0) is 56.6 Å². The summed E-state index contributed by atoms with van der Waals surface area (Å²) >= 11 is 0. The molecule has 1 unspecified atom stereocenters. The fourth-order valence-electron chi connectivity index (χ4n) is 2.48. The van der Waals surface area contributed by atoms with Crippen LogP contribution in [0.5, 0.6) is 0 Å². The Kier molecular flexibility index (Phi) is 4.47. The van der Waals surface area contributed by atoms with Crippen molar-refractivity contribution in [2.45, 2.75) is 25.2 Å². The minimum atomic E-state index is -0.995. The highest BCUT2D eigenvalue weighted by Crippen LogP contribution is 2.23. The van der Waals surface area contributed by atoms with Crippen LogP contribution in [0.3, 0.4) is 0 Å². The lowest BCUT2D eigenvalue weighted by Crippen LogP contribution is -2.24. The zero-order valence-corrected chi connectivity index (χ0v) is 10.6. The van der Waals surface area contributed by atoms with Crippen LogP contribution < -0.4 is 0 Å². The average molecular weight is 269 g/mol. The van der Waals surface area contributed by atoms with Gasteiger partial charge in [-0.15, -0.1) is 0 Å². The molecule has 1 aliphatic heterocycles. The SMILES string of the molecule is O=C(O)C(CCN1CCCC1)c1ccc(F)c(F)c1. The maximum Gasteiger partial charge on any atom is 0.311 e. The fourth-order valence-corrected chi connectivity index (χ4v) is 2.48. The predicted octanol–water partition coefficient (Wildman–Crippen LogP) is 2.62. The molecule has 1 aliphatic rings. The van der Waals surface area contributed by atoms with E-state index < -0.39 is 23.5 Å². The van der Waals surface area contributed by atoms with Crippen LogP contribution in [0.4, 0.5) is 8.78 Å². The van der Waals surface area contributed by atoms with E-state index in [9.17, 15) is 18.7 Å². The molecule has 1 saturated heterocycles. The number of benzene rings is 1. The fraction of sp³-hybridized carbons (Fsp3) is 0.500. The Bertz CT molecular complexity index is 459. The van der Waals surface area contributed by atoms with Gasteiger partial charge in [-0.25, -0.2) is 8.78 Å². The van der Waals surface area contributed by atoms with Crippen LogP contribution in [0.25, 0.3) is 0 Å². The van der Waals surface area contributed by atoms with Gasteiger partial charge in [0, 0.05) is 0 Å². The molecule has 104 valence electrons. The van der Waals surface area contributed by atoms with E-state index in [4.69, 9.17) is 0 Å². The standard InChI is InChI=1S/C14H17F2NO2/c15-12-4-3-10(9-13(12)16)11(14(18)19)5-8-17-6-1-2-7-17/h3-4,9,11H,1-2,5-8H2,(H,18,19). The van der Waals surface area contributed by atoms with Crippen molar-refractivity contribution in [3.8, 4) is 0 Å². The minimum Gasteiger partial charge on any atom is -0.481 e. The van der Waals surface area contributed by atoms with E-state index in [0.29, 0.717) is 18.5 Å². The van der Waals surface area contributed by atoms with E-state index in [1.807, 2.05) is 0 Å². The monoisotopic (exact) mass is 269 g/mol. The average Bonchev–Trinajstić information content (AvgIpc) is 2.86. The van der Waals surface area contributed by atoms with E-state index in [1.54, 1.807) is 0 Å². The highest BCUT2D eigenvalue weighted by atomic mass is 19.2. The number of carboxylic acid groups (broad SMARTS) is 1. The summed E-state index contributed by atoms with van der Waals surface area (Å²) in [5, 5.41) is 9.23. The Labute approximate surface area is 110 Å².